The molecule has 1 amide bonds. The molecule has 6 heteroatoms. The summed E-state index contributed by atoms with van der Waals surface area (Å²) in [5, 5.41) is 2.84. The second-order valence-corrected chi connectivity index (χ2v) is 5.38. The normalized spacial score (nSPS) is 11.1. The van der Waals surface area contributed by atoms with Gasteiger partial charge in [-0.3, -0.25) is 4.79 Å². The number of benzene rings is 2. The third kappa shape index (κ3) is 5.06. The van der Waals surface area contributed by atoms with Gasteiger partial charge in [-0.1, -0.05) is 19.1 Å². The Hall–Kier alpha value is -2.40. The predicted molar refractivity (Wildman–Crippen MR) is 99.3 cm³/mol. The Morgan fingerprint density at radius 1 is 1.12 bits per heavy atom. The molecular formula is C18H23ClN2O3. The van der Waals surface area contributed by atoms with Crippen LogP contribution in [0.2, 0.25) is 0 Å². The Labute approximate surface area is 148 Å². The number of methoxy groups -OCH3 is 2. The van der Waals surface area contributed by atoms with Crippen LogP contribution in [-0.4, -0.2) is 20.1 Å². The van der Waals surface area contributed by atoms with E-state index in [0.29, 0.717) is 23.5 Å². The largest absolute Gasteiger partial charge is 0.497 e. The van der Waals surface area contributed by atoms with E-state index in [1.807, 2.05) is 31.2 Å². The van der Waals surface area contributed by atoms with Crippen molar-refractivity contribution in [2.45, 2.75) is 19.3 Å². The van der Waals surface area contributed by atoms with E-state index in [1.165, 1.54) is 0 Å². The van der Waals surface area contributed by atoms with Gasteiger partial charge < -0.3 is 20.5 Å². The number of halogens is 1. The molecule has 0 fully saturated rings. The van der Waals surface area contributed by atoms with E-state index in [9.17, 15) is 4.79 Å². The van der Waals surface area contributed by atoms with Crippen LogP contribution in [0.15, 0.2) is 42.5 Å². The van der Waals surface area contributed by atoms with Crippen LogP contribution in [0.1, 0.15) is 24.8 Å². The van der Waals surface area contributed by atoms with Gasteiger partial charge in [-0.15, -0.1) is 12.4 Å². The van der Waals surface area contributed by atoms with Gasteiger partial charge in [0.15, 0.2) is 0 Å². The third-order valence-corrected chi connectivity index (χ3v) is 3.69. The van der Waals surface area contributed by atoms with Gasteiger partial charge in [-0.2, -0.15) is 0 Å². The first-order valence-electron chi connectivity index (χ1n) is 7.40. The summed E-state index contributed by atoms with van der Waals surface area (Å²) in [6.07, 6.45) is 0.351. The summed E-state index contributed by atoms with van der Waals surface area (Å²) >= 11 is 0. The van der Waals surface area contributed by atoms with Crippen molar-refractivity contribution >= 4 is 29.7 Å². The first-order chi connectivity index (χ1) is 11.0. The first kappa shape index (κ1) is 19.6. The molecule has 0 saturated carbocycles. The molecule has 0 heterocycles. The van der Waals surface area contributed by atoms with Crippen LogP contribution in [0.25, 0.3) is 0 Å². The van der Waals surface area contributed by atoms with Crippen LogP contribution in [0.5, 0.6) is 11.5 Å². The topological polar surface area (TPSA) is 73.6 Å². The number of nitrogens with two attached hydrogens (primary N) is 1. The fraction of sp³-hybridized carbons (Fsp3) is 0.278. The Morgan fingerprint density at radius 3 is 2.46 bits per heavy atom. The SMILES string of the molecule is COc1cccc(C(C)CC(=O)Nc2cc(OC)ccc2N)c1.Cl. The molecular weight excluding hydrogens is 328 g/mol. The molecule has 24 heavy (non-hydrogen) atoms. The van der Waals surface area contributed by atoms with Crippen molar-refractivity contribution in [2.75, 3.05) is 25.3 Å². The van der Waals surface area contributed by atoms with Crippen molar-refractivity contribution in [3.05, 3.63) is 48.0 Å². The highest BCUT2D eigenvalue weighted by Gasteiger charge is 2.13. The summed E-state index contributed by atoms with van der Waals surface area (Å²) in [7, 11) is 3.20. The average Bonchev–Trinajstić information content (AvgIpc) is 2.56. The van der Waals surface area contributed by atoms with Gasteiger partial charge in [-0.05, 0) is 35.7 Å². The molecule has 0 aromatic heterocycles. The van der Waals surface area contributed by atoms with Gasteiger partial charge in [0.25, 0.3) is 0 Å². The molecule has 2 rings (SSSR count). The smallest absolute Gasteiger partial charge is 0.225 e. The predicted octanol–water partition coefficient (Wildman–Crippen LogP) is 3.84. The number of carbonyl (C=O) groups is 1. The lowest BCUT2D eigenvalue weighted by Gasteiger charge is -2.14. The molecule has 0 spiro atoms. The lowest BCUT2D eigenvalue weighted by atomic mass is 9.97. The van der Waals surface area contributed by atoms with Crippen LogP contribution in [0.3, 0.4) is 0 Å². The second kappa shape index (κ2) is 9.03. The highest BCUT2D eigenvalue weighted by Crippen LogP contribution is 2.27. The van der Waals surface area contributed by atoms with Gasteiger partial charge in [0, 0.05) is 12.5 Å². The van der Waals surface area contributed by atoms with E-state index in [1.54, 1.807) is 32.4 Å². The molecule has 0 saturated heterocycles. The zero-order valence-electron chi connectivity index (χ0n) is 14.0. The van der Waals surface area contributed by atoms with Crippen LogP contribution >= 0.6 is 12.4 Å². The van der Waals surface area contributed by atoms with Gasteiger partial charge in [0.05, 0.1) is 25.6 Å². The summed E-state index contributed by atoms with van der Waals surface area (Å²) < 4.78 is 10.4. The Balaban J connectivity index is 0.00000288. The third-order valence-electron chi connectivity index (χ3n) is 3.69. The van der Waals surface area contributed by atoms with Gasteiger partial charge >= 0.3 is 0 Å². The minimum absolute atomic E-state index is 0. The van der Waals surface area contributed by atoms with Crippen LogP contribution in [-0.2, 0) is 4.79 Å². The summed E-state index contributed by atoms with van der Waals surface area (Å²) in [6, 6.07) is 12.9. The monoisotopic (exact) mass is 350 g/mol. The van der Waals surface area contributed by atoms with Crippen molar-refractivity contribution in [1.29, 1.82) is 0 Å². The van der Waals surface area contributed by atoms with Gasteiger partial charge in [0.2, 0.25) is 5.91 Å². The van der Waals surface area contributed by atoms with Crippen LogP contribution < -0.4 is 20.5 Å². The molecule has 0 aliphatic carbocycles. The number of carbonyl (C=O) groups excluding carboxylic acids is 1. The fourth-order valence-corrected chi connectivity index (χ4v) is 2.32. The number of hydrogen-bond acceptors (Lipinski definition) is 4. The second-order valence-electron chi connectivity index (χ2n) is 5.38. The van der Waals surface area contributed by atoms with Crippen molar-refractivity contribution in [1.82, 2.24) is 0 Å². The zero-order valence-corrected chi connectivity index (χ0v) is 14.9. The molecule has 130 valence electrons. The van der Waals surface area contributed by atoms with Crippen molar-refractivity contribution in [2.24, 2.45) is 0 Å². The number of amides is 1. The highest BCUT2D eigenvalue weighted by molar-refractivity contribution is 5.94. The maximum atomic E-state index is 12.3. The minimum Gasteiger partial charge on any atom is -0.497 e. The molecule has 1 atom stereocenters. The molecule has 0 aliphatic rings. The first-order valence-corrected chi connectivity index (χ1v) is 7.40. The summed E-state index contributed by atoms with van der Waals surface area (Å²) in [5.41, 5.74) is 8.01. The van der Waals surface area contributed by atoms with Gasteiger partial charge in [0.1, 0.15) is 11.5 Å². The molecule has 5 nitrogen and oxygen atoms in total. The number of hydrogen-bond donors (Lipinski definition) is 2. The van der Waals surface area contributed by atoms with Crippen molar-refractivity contribution < 1.29 is 14.3 Å². The fourth-order valence-electron chi connectivity index (χ4n) is 2.32. The van der Waals surface area contributed by atoms with Gasteiger partial charge in [-0.25, -0.2) is 0 Å². The highest BCUT2D eigenvalue weighted by atomic mass is 35.5. The minimum atomic E-state index is -0.0970. The number of anilines is 2. The summed E-state index contributed by atoms with van der Waals surface area (Å²) in [5.74, 6) is 1.40. The molecule has 0 bridgehead atoms. The molecule has 0 radical (unpaired) electrons. The van der Waals surface area contributed by atoms with Crippen molar-refractivity contribution in [3.8, 4) is 11.5 Å². The molecule has 1 unspecified atom stereocenters. The van der Waals surface area contributed by atoms with Crippen LogP contribution in [0.4, 0.5) is 11.4 Å². The van der Waals surface area contributed by atoms with Crippen LogP contribution in [0, 0.1) is 0 Å². The standard InChI is InChI=1S/C18H22N2O3.ClH/c1-12(13-5-4-6-14(10-13)22-2)9-18(21)20-17-11-15(23-3)7-8-16(17)19;/h4-8,10-12H,9,19H2,1-3H3,(H,20,21);1H. The number of nitrogen functional groups attached to an aromatic ring is 1. The van der Waals surface area contributed by atoms with Crippen molar-refractivity contribution in [3.63, 3.8) is 0 Å². The number of rotatable bonds is 6. The lowest BCUT2D eigenvalue weighted by Crippen LogP contribution is -2.15. The van der Waals surface area contributed by atoms with E-state index in [2.05, 4.69) is 5.32 Å². The maximum absolute atomic E-state index is 12.3. The maximum Gasteiger partial charge on any atom is 0.225 e. The Bertz CT molecular complexity index is 692. The summed E-state index contributed by atoms with van der Waals surface area (Å²) in [6.45, 7) is 2.00. The molecule has 3 N–H and O–H groups in total. The molecule has 2 aromatic carbocycles. The average molecular weight is 351 g/mol. The van der Waals surface area contributed by atoms with E-state index in [4.69, 9.17) is 15.2 Å². The lowest BCUT2D eigenvalue weighted by molar-refractivity contribution is -0.116. The zero-order chi connectivity index (χ0) is 16.8. The van der Waals surface area contributed by atoms with E-state index >= 15 is 0 Å². The van der Waals surface area contributed by atoms with E-state index in [-0.39, 0.29) is 24.2 Å². The Kier molecular flexibility index (Phi) is 7.39. The summed E-state index contributed by atoms with van der Waals surface area (Å²) in [4.78, 5) is 12.3. The number of ether oxygens (including phenoxy) is 2. The molecule has 2 aromatic rings. The Morgan fingerprint density at radius 2 is 1.79 bits per heavy atom. The molecule has 0 aliphatic heterocycles. The van der Waals surface area contributed by atoms with E-state index in [0.717, 1.165) is 11.3 Å². The quantitative estimate of drug-likeness (QED) is 0.776. The van der Waals surface area contributed by atoms with E-state index < -0.39 is 0 Å². The number of nitrogens with one attached hydrogen (secondary N) is 1.